The first-order chi connectivity index (χ1) is 9.40. The van der Waals surface area contributed by atoms with Crippen LogP contribution in [0, 0.1) is 18.6 Å². The molecule has 20 heavy (non-hydrogen) atoms. The monoisotopic (exact) mass is 341 g/mol. The first-order valence-corrected chi connectivity index (χ1v) is 6.44. The number of nitrogens with one attached hydrogen (secondary N) is 1. The molecule has 2 N–H and O–H groups in total. The number of carboxylic acids is 1. The van der Waals surface area contributed by atoms with E-state index in [1.165, 1.54) is 24.3 Å². The molecule has 0 amide bonds. The van der Waals surface area contributed by atoms with Gasteiger partial charge in [-0.3, -0.25) is 0 Å². The van der Waals surface area contributed by atoms with Gasteiger partial charge in [0.1, 0.15) is 11.6 Å². The fraction of sp³-hybridized carbons (Fsp3) is 0.0714. The molecule has 0 aliphatic rings. The molecule has 0 unspecified atom stereocenters. The van der Waals surface area contributed by atoms with Crippen LogP contribution in [0.15, 0.2) is 34.8 Å². The van der Waals surface area contributed by atoms with Crippen LogP contribution in [0.1, 0.15) is 15.9 Å². The number of para-hydroxylation sites is 1. The van der Waals surface area contributed by atoms with Gasteiger partial charge in [-0.1, -0.05) is 6.07 Å². The second kappa shape index (κ2) is 5.58. The van der Waals surface area contributed by atoms with Gasteiger partial charge < -0.3 is 10.4 Å². The third-order valence-electron chi connectivity index (χ3n) is 2.77. The quantitative estimate of drug-likeness (QED) is 0.865. The first-order valence-electron chi connectivity index (χ1n) is 5.64. The fourth-order valence-corrected chi connectivity index (χ4v) is 2.09. The number of hydrogen-bond donors (Lipinski definition) is 2. The van der Waals surface area contributed by atoms with Crippen molar-refractivity contribution in [1.82, 2.24) is 0 Å². The molecule has 0 spiro atoms. The van der Waals surface area contributed by atoms with Gasteiger partial charge in [-0.2, -0.15) is 0 Å². The highest BCUT2D eigenvalue weighted by Gasteiger charge is 2.15. The topological polar surface area (TPSA) is 49.3 Å². The molecule has 0 aromatic heterocycles. The Hall–Kier alpha value is -1.95. The molecule has 0 radical (unpaired) electrons. The Morgan fingerprint density at radius 1 is 1.25 bits per heavy atom. The van der Waals surface area contributed by atoms with E-state index >= 15 is 0 Å². The minimum absolute atomic E-state index is 0.151. The fourth-order valence-electron chi connectivity index (χ4n) is 1.75. The molecule has 104 valence electrons. The third-order valence-corrected chi connectivity index (χ3v) is 3.38. The summed E-state index contributed by atoms with van der Waals surface area (Å²) in [6.07, 6.45) is 0. The standard InChI is InChI=1S/C14H10BrF2NO2/c1-7-5-11(17)9(15)6-12(7)18-13-8(14(19)20)3-2-4-10(13)16/h2-6,18H,1H3,(H,19,20). The molecule has 2 aromatic rings. The number of hydrogen-bond acceptors (Lipinski definition) is 2. The summed E-state index contributed by atoms with van der Waals surface area (Å²) in [7, 11) is 0. The van der Waals surface area contributed by atoms with Gasteiger partial charge in [-0.15, -0.1) is 0 Å². The maximum absolute atomic E-state index is 13.8. The van der Waals surface area contributed by atoms with Gasteiger partial charge in [0.25, 0.3) is 0 Å². The second-order valence-electron chi connectivity index (χ2n) is 4.17. The van der Waals surface area contributed by atoms with Crippen molar-refractivity contribution < 1.29 is 18.7 Å². The largest absolute Gasteiger partial charge is 0.478 e. The second-order valence-corrected chi connectivity index (χ2v) is 5.03. The van der Waals surface area contributed by atoms with Gasteiger partial charge in [0.15, 0.2) is 0 Å². The molecule has 0 saturated heterocycles. The highest BCUT2D eigenvalue weighted by molar-refractivity contribution is 9.10. The van der Waals surface area contributed by atoms with Crippen LogP contribution in [0.25, 0.3) is 0 Å². The Morgan fingerprint density at radius 2 is 1.95 bits per heavy atom. The number of aryl methyl sites for hydroxylation is 1. The van der Waals surface area contributed by atoms with Crippen LogP contribution in [0.3, 0.4) is 0 Å². The van der Waals surface area contributed by atoms with E-state index < -0.39 is 17.6 Å². The zero-order valence-electron chi connectivity index (χ0n) is 10.4. The van der Waals surface area contributed by atoms with Gasteiger partial charge in [-0.05, 0) is 52.7 Å². The van der Waals surface area contributed by atoms with Crippen molar-refractivity contribution in [3.05, 3.63) is 57.6 Å². The Balaban J connectivity index is 2.50. The van der Waals surface area contributed by atoms with Gasteiger partial charge in [0.2, 0.25) is 0 Å². The summed E-state index contributed by atoms with van der Waals surface area (Å²) in [4.78, 5) is 11.1. The molecule has 6 heteroatoms. The molecular weight excluding hydrogens is 332 g/mol. The summed E-state index contributed by atoms with van der Waals surface area (Å²) in [5, 5.41) is 11.8. The zero-order valence-corrected chi connectivity index (χ0v) is 12.0. The predicted molar refractivity (Wildman–Crippen MR) is 75.5 cm³/mol. The van der Waals surface area contributed by atoms with Crippen molar-refractivity contribution in [3.63, 3.8) is 0 Å². The molecule has 0 aliphatic carbocycles. The summed E-state index contributed by atoms with van der Waals surface area (Å²) in [6, 6.07) is 6.47. The SMILES string of the molecule is Cc1cc(F)c(Br)cc1Nc1c(F)cccc1C(=O)O. The first kappa shape index (κ1) is 14.5. The summed E-state index contributed by atoms with van der Waals surface area (Å²) < 4.78 is 27.3. The highest BCUT2D eigenvalue weighted by Crippen LogP contribution is 2.29. The average molecular weight is 342 g/mol. The molecule has 2 rings (SSSR count). The molecular formula is C14H10BrF2NO2. The van der Waals surface area contributed by atoms with Crippen LogP contribution < -0.4 is 5.32 Å². The van der Waals surface area contributed by atoms with Gasteiger partial charge >= 0.3 is 5.97 Å². The van der Waals surface area contributed by atoms with Crippen LogP contribution in [0.2, 0.25) is 0 Å². The Labute approximate surface area is 122 Å². The van der Waals surface area contributed by atoms with Gasteiger partial charge in [0, 0.05) is 5.69 Å². The number of aromatic carboxylic acids is 1. The minimum Gasteiger partial charge on any atom is -0.478 e. The summed E-state index contributed by atoms with van der Waals surface area (Å²) >= 11 is 3.03. The summed E-state index contributed by atoms with van der Waals surface area (Å²) in [5.74, 6) is -2.38. The zero-order chi connectivity index (χ0) is 14.9. The van der Waals surface area contributed by atoms with Crippen LogP contribution in [0.5, 0.6) is 0 Å². The maximum atomic E-state index is 13.8. The molecule has 0 heterocycles. The number of carbonyl (C=O) groups is 1. The Kier molecular flexibility index (Phi) is 4.04. The number of benzene rings is 2. The van der Waals surface area contributed by atoms with E-state index in [0.717, 1.165) is 6.07 Å². The molecule has 2 aromatic carbocycles. The highest BCUT2D eigenvalue weighted by atomic mass is 79.9. The van der Waals surface area contributed by atoms with Crippen molar-refractivity contribution in [3.8, 4) is 0 Å². The lowest BCUT2D eigenvalue weighted by atomic mass is 10.1. The van der Waals surface area contributed by atoms with Crippen LogP contribution in [0.4, 0.5) is 20.2 Å². The molecule has 0 saturated carbocycles. The summed E-state index contributed by atoms with van der Waals surface area (Å²) in [5.41, 5.74) is 0.614. The van der Waals surface area contributed by atoms with E-state index in [4.69, 9.17) is 5.11 Å². The van der Waals surface area contributed by atoms with Crippen LogP contribution in [-0.4, -0.2) is 11.1 Å². The van der Waals surface area contributed by atoms with Crippen molar-refractivity contribution in [2.45, 2.75) is 6.92 Å². The third kappa shape index (κ3) is 2.80. The lowest BCUT2D eigenvalue weighted by Gasteiger charge is -2.13. The van der Waals surface area contributed by atoms with Crippen molar-refractivity contribution in [2.24, 2.45) is 0 Å². The maximum Gasteiger partial charge on any atom is 0.337 e. The van der Waals surface area contributed by atoms with E-state index in [9.17, 15) is 13.6 Å². The lowest BCUT2D eigenvalue weighted by molar-refractivity contribution is 0.0697. The number of carboxylic acid groups (broad SMARTS) is 1. The van der Waals surface area contributed by atoms with Gasteiger partial charge in [0.05, 0.1) is 15.7 Å². The Morgan fingerprint density at radius 3 is 2.60 bits per heavy atom. The van der Waals surface area contributed by atoms with E-state index in [-0.39, 0.29) is 15.7 Å². The average Bonchev–Trinajstić information content (AvgIpc) is 2.37. The predicted octanol–water partition coefficient (Wildman–Crippen LogP) is 4.48. The number of rotatable bonds is 3. The van der Waals surface area contributed by atoms with Crippen molar-refractivity contribution in [1.29, 1.82) is 0 Å². The molecule has 0 atom stereocenters. The van der Waals surface area contributed by atoms with Crippen molar-refractivity contribution in [2.75, 3.05) is 5.32 Å². The normalized spacial score (nSPS) is 10.4. The number of anilines is 2. The minimum atomic E-state index is -1.24. The van der Waals surface area contributed by atoms with Crippen LogP contribution >= 0.6 is 15.9 Å². The summed E-state index contributed by atoms with van der Waals surface area (Å²) in [6.45, 7) is 1.64. The van der Waals surface area contributed by atoms with E-state index in [1.807, 2.05) is 0 Å². The van der Waals surface area contributed by atoms with Crippen LogP contribution in [-0.2, 0) is 0 Å². The Bertz CT molecular complexity index is 689. The molecule has 3 nitrogen and oxygen atoms in total. The van der Waals surface area contributed by atoms with Crippen molar-refractivity contribution >= 4 is 33.3 Å². The molecule has 0 aliphatic heterocycles. The smallest absolute Gasteiger partial charge is 0.337 e. The molecule has 0 fully saturated rings. The van der Waals surface area contributed by atoms with E-state index in [0.29, 0.717) is 11.3 Å². The van der Waals surface area contributed by atoms with E-state index in [1.54, 1.807) is 6.92 Å². The number of halogens is 3. The lowest BCUT2D eigenvalue weighted by Crippen LogP contribution is -2.05. The molecule has 0 bridgehead atoms. The van der Waals surface area contributed by atoms with E-state index in [2.05, 4.69) is 21.2 Å². The van der Waals surface area contributed by atoms with Gasteiger partial charge in [-0.25, -0.2) is 13.6 Å².